The largest absolute Gasteiger partial charge is 0.330 e. The Morgan fingerprint density at radius 3 is 2.88 bits per heavy atom. The van der Waals surface area contributed by atoms with E-state index in [0.717, 1.165) is 25.6 Å². The molecule has 0 amide bonds. The molecular formula is C13H18F2N2. The van der Waals surface area contributed by atoms with Crippen molar-refractivity contribution in [3.8, 4) is 0 Å². The lowest BCUT2D eigenvalue weighted by atomic mass is 10.1. The van der Waals surface area contributed by atoms with Crippen LogP contribution in [0, 0.1) is 17.6 Å². The molecule has 2 nitrogen and oxygen atoms in total. The standard InChI is InChI=1S/C13H18F2N2/c1-9(17-5-4-10(7-16)8-17)12-6-11(14)2-3-13(12)15/h2-3,6,9-10H,4-5,7-8,16H2,1H3. The molecule has 0 aromatic heterocycles. The molecule has 1 saturated heterocycles. The maximum absolute atomic E-state index is 13.6. The molecule has 4 heteroatoms. The zero-order valence-electron chi connectivity index (χ0n) is 10.00. The molecule has 1 heterocycles. The zero-order valence-corrected chi connectivity index (χ0v) is 10.00. The van der Waals surface area contributed by atoms with Crippen molar-refractivity contribution in [1.29, 1.82) is 0 Å². The molecule has 1 aromatic rings. The van der Waals surface area contributed by atoms with Crippen molar-refractivity contribution in [3.05, 3.63) is 35.4 Å². The van der Waals surface area contributed by atoms with Crippen LogP contribution < -0.4 is 5.73 Å². The van der Waals surface area contributed by atoms with Gasteiger partial charge in [-0.3, -0.25) is 4.90 Å². The number of likely N-dealkylation sites (tertiary alicyclic amines) is 1. The van der Waals surface area contributed by atoms with E-state index in [4.69, 9.17) is 5.73 Å². The highest BCUT2D eigenvalue weighted by atomic mass is 19.1. The van der Waals surface area contributed by atoms with Gasteiger partial charge in [-0.2, -0.15) is 0 Å². The van der Waals surface area contributed by atoms with Crippen LogP contribution in [0.2, 0.25) is 0 Å². The normalized spacial score (nSPS) is 22.9. The minimum atomic E-state index is -0.386. The Bertz CT molecular complexity index is 395. The summed E-state index contributed by atoms with van der Waals surface area (Å²) in [4.78, 5) is 2.16. The van der Waals surface area contributed by atoms with E-state index in [0.29, 0.717) is 18.0 Å². The average molecular weight is 240 g/mol. The SMILES string of the molecule is CC(c1cc(F)ccc1F)N1CCC(CN)C1. The Morgan fingerprint density at radius 1 is 1.47 bits per heavy atom. The third kappa shape index (κ3) is 2.64. The van der Waals surface area contributed by atoms with Crippen LogP contribution in [-0.4, -0.2) is 24.5 Å². The van der Waals surface area contributed by atoms with Gasteiger partial charge in [0, 0.05) is 18.2 Å². The van der Waals surface area contributed by atoms with Crippen molar-refractivity contribution in [2.45, 2.75) is 19.4 Å². The first-order valence-electron chi connectivity index (χ1n) is 6.01. The number of halogens is 2. The first-order valence-corrected chi connectivity index (χ1v) is 6.01. The Balaban J connectivity index is 2.14. The monoisotopic (exact) mass is 240 g/mol. The predicted octanol–water partition coefficient (Wildman–Crippen LogP) is 2.31. The number of nitrogens with two attached hydrogens (primary N) is 1. The molecule has 0 radical (unpaired) electrons. The molecule has 2 N–H and O–H groups in total. The summed E-state index contributed by atoms with van der Waals surface area (Å²) in [6.45, 7) is 4.35. The predicted molar refractivity (Wildman–Crippen MR) is 63.5 cm³/mol. The molecule has 0 saturated carbocycles. The number of hydrogen-bond donors (Lipinski definition) is 1. The summed E-state index contributed by atoms with van der Waals surface area (Å²) < 4.78 is 26.8. The van der Waals surface area contributed by atoms with Gasteiger partial charge in [0.1, 0.15) is 11.6 Å². The van der Waals surface area contributed by atoms with Crippen molar-refractivity contribution in [2.24, 2.45) is 11.7 Å². The van der Waals surface area contributed by atoms with Crippen LogP contribution in [0.25, 0.3) is 0 Å². The lowest BCUT2D eigenvalue weighted by Crippen LogP contribution is -2.26. The quantitative estimate of drug-likeness (QED) is 0.878. The number of benzene rings is 1. The molecule has 1 fully saturated rings. The van der Waals surface area contributed by atoms with Crippen LogP contribution in [0.4, 0.5) is 8.78 Å². The van der Waals surface area contributed by atoms with Gasteiger partial charge in [-0.1, -0.05) is 0 Å². The molecule has 0 aliphatic carbocycles. The molecule has 94 valence electrons. The van der Waals surface area contributed by atoms with Crippen molar-refractivity contribution in [1.82, 2.24) is 4.90 Å². The molecule has 17 heavy (non-hydrogen) atoms. The van der Waals surface area contributed by atoms with E-state index in [-0.39, 0.29) is 17.7 Å². The lowest BCUT2D eigenvalue weighted by Gasteiger charge is -2.25. The van der Waals surface area contributed by atoms with E-state index in [2.05, 4.69) is 4.90 Å². The molecular weight excluding hydrogens is 222 g/mol. The lowest BCUT2D eigenvalue weighted by molar-refractivity contribution is 0.248. The second-order valence-corrected chi connectivity index (χ2v) is 4.73. The Hall–Kier alpha value is -1.00. The molecule has 0 bridgehead atoms. The minimum absolute atomic E-state index is 0.0951. The highest BCUT2D eigenvalue weighted by Gasteiger charge is 2.27. The average Bonchev–Trinajstić information content (AvgIpc) is 2.80. The van der Waals surface area contributed by atoms with Crippen molar-refractivity contribution < 1.29 is 8.78 Å². The summed E-state index contributed by atoms with van der Waals surface area (Å²) in [6.07, 6.45) is 1.04. The Labute approximate surface area is 100 Å². The van der Waals surface area contributed by atoms with Gasteiger partial charge < -0.3 is 5.73 Å². The van der Waals surface area contributed by atoms with Gasteiger partial charge in [-0.25, -0.2) is 8.78 Å². The third-order valence-electron chi connectivity index (χ3n) is 3.61. The van der Waals surface area contributed by atoms with Crippen LogP contribution in [0.15, 0.2) is 18.2 Å². The second kappa shape index (κ2) is 5.10. The third-order valence-corrected chi connectivity index (χ3v) is 3.61. The summed E-state index contributed by atoms with van der Waals surface area (Å²) in [5.41, 5.74) is 6.06. The van der Waals surface area contributed by atoms with E-state index in [1.165, 1.54) is 12.1 Å². The summed E-state index contributed by atoms with van der Waals surface area (Å²) in [6, 6.07) is 3.54. The maximum Gasteiger partial charge on any atom is 0.128 e. The number of hydrogen-bond acceptors (Lipinski definition) is 2. The summed E-state index contributed by atoms with van der Waals surface area (Å²) in [5.74, 6) is -0.244. The van der Waals surface area contributed by atoms with Crippen molar-refractivity contribution in [3.63, 3.8) is 0 Å². The second-order valence-electron chi connectivity index (χ2n) is 4.73. The van der Waals surface area contributed by atoms with Crippen LogP contribution >= 0.6 is 0 Å². The van der Waals surface area contributed by atoms with Crippen molar-refractivity contribution in [2.75, 3.05) is 19.6 Å². The molecule has 2 atom stereocenters. The van der Waals surface area contributed by atoms with Crippen LogP contribution in [0.3, 0.4) is 0 Å². The van der Waals surface area contributed by atoms with Gasteiger partial charge in [0.2, 0.25) is 0 Å². The van der Waals surface area contributed by atoms with E-state index >= 15 is 0 Å². The molecule has 1 aliphatic rings. The molecule has 2 rings (SSSR count). The highest BCUT2D eigenvalue weighted by molar-refractivity contribution is 5.22. The van der Waals surface area contributed by atoms with Crippen LogP contribution in [0.1, 0.15) is 24.9 Å². The fourth-order valence-corrected chi connectivity index (χ4v) is 2.44. The molecule has 0 spiro atoms. The van der Waals surface area contributed by atoms with Gasteiger partial charge >= 0.3 is 0 Å². The number of rotatable bonds is 3. The fraction of sp³-hybridized carbons (Fsp3) is 0.538. The highest BCUT2D eigenvalue weighted by Crippen LogP contribution is 2.28. The Morgan fingerprint density at radius 2 is 2.24 bits per heavy atom. The van der Waals surface area contributed by atoms with E-state index in [1.54, 1.807) is 0 Å². The van der Waals surface area contributed by atoms with Crippen LogP contribution in [0.5, 0.6) is 0 Å². The van der Waals surface area contributed by atoms with Gasteiger partial charge in [-0.15, -0.1) is 0 Å². The number of nitrogens with zero attached hydrogens (tertiary/aromatic N) is 1. The maximum atomic E-state index is 13.6. The topological polar surface area (TPSA) is 29.3 Å². The fourth-order valence-electron chi connectivity index (χ4n) is 2.44. The van der Waals surface area contributed by atoms with Gasteiger partial charge in [-0.05, 0) is 50.6 Å². The molecule has 1 aromatic carbocycles. The summed E-state index contributed by atoms with van der Waals surface area (Å²) in [7, 11) is 0. The first-order chi connectivity index (χ1) is 8.11. The van der Waals surface area contributed by atoms with Crippen LogP contribution in [-0.2, 0) is 0 Å². The molecule has 2 unspecified atom stereocenters. The van der Waals surface area contributed by atoms with E-state index in [9.17, 15) is 8.78 Å². The van der Waals surface area contributed by atoms with E-state index in [1.807, 2.05) is 6.92 Å². The minimum Gasteiger partial charge on any atom is -0.330 e. The summed E-state index contributed by atoms with van der Waals surface area (Å²) >= 11 is 0. The smallest absolute Gasteiger partial charge is 0.128 e. The van der Waals surface area contributed by atoms with Gasteiger partial charge in [0.05, 0.1) is 0 Å². The molecule has 1 aliphatic heterocycles. The van der Waals surface area contributed by atoms with Crippen molar-refractivity contribution >= 4 is 0 Å². The zero-order chi connectivity index (χ0) is 12.4. The van der Waals surface area contributed by atoms with Gasteiger partial charge in [0.25, 0.3) is 0 Å². The Kier molecular flexibility index (Phi) is 3.74. The first kappa shape index (κ1) is 12.5. The van der Waals surface area contributed by atoms with E-state index < -0.39 is 0 Å². The summed E-state index contributed by atoms with van der Waals surface area (Å²) in [5, 5.41) is 0. The van der Waals surface area contributed by atoms with Gasteiger partial charge in [0.15, 0.2) is 0 Å².